The van der Waals surface area contributed by atoms with Gasteiger partial charge in [0.2, 0.25) is 5.91 Å². The Kier molecular flexibility index (Phi) is 8.21. The standard InChI is InChI=1S/C24H29ClN4O2S/c1-6-29-22(13-31-21-11-16(4)7-10-19(21)15(2)3)27-28-24(29)32-14-23(30)26-18-9-8-17(5)20(25)12-18/h7-12,15H,6,13-14H2,1-5H3,(H,26,30). The number of thioether (sulfide) groups is 1. The van der Waals surface area contributed by atoms with Crippen molar-refractivity contribution in [1.82, 2.24) is 14.8 Å². The molecule has 32 heavy (non-hydrogen) atoms. The molecule has 3 aromatic rings. The molecule has 6 nitrogen and oxygen atoms in total. The quantitative estimate of drug-likeness (QED) is 0.386. The van der Waals surface area contributed by atoms with Gasteiger partial charge in [0.05, 0.1) is 5.75 Å². The van der Waals surface area contributed by atoms with Crippen LogP contribution in [0.25, 0.3) is 0 Å². The fourth-order valence-electron chi connectivity index (χ4n) is 3.23. The fourth-order valence-corrected chi connectivity index (χ4v) is 4.24. The van der Waals surface area contributed by atoms with Gasteiger partial charge in [-0.25, -0.2) is 0 Å². The van der Waals surface area contributed by atoms with Crippen molar-refractivity contribution in [2.45, 2.75) is 58.8 Å². The van der Waals surface area contributed by atoms with Crippen molar-refractivity contribution in [3.63, 3.8) is 0 Å². The number of benzene rings is 2. The SMILES string of the molecule is CCn1c(COc2cc(C)ccc2C(C)C)nnc1SCC(=O)Nc1ccc(C)c(Cl)c1. The Morgan fingerprint density at radius 3 is 2.66 bits per heavy atom. The molecule has 0 aliphatic carbocycles. The minimum Gasteiger partial charge on any atom is -0.485 e. The van der Waals surface area contributed by atoms with Gasteiger partial charge in [0, 0.05) is 17.3 Å². The Bertz CT molecular complexity index is 1100. The molecular weight excluding hydrogens is 444 g/mol. The molecule has 0 unspecified atom stereocenters. The number of carbonyl (C=O) groups excluding carboxylic acids is 1. The van der Waals surface area contributed by atoms with Crippen LogP contribution in [0.4, 0.5) is 5.69 Å². The molecule has 0 atom stereocenters. The van der Waals surface area contributed by atoms with Crippen molar-refractivity contribution in [3.8, 4) is 5.75 Å². The zero-order valence-corrected chi connectivity index (χ0v) is 20.7. The van der Waals surface area contributed by atoms with E-state index in [1.54, 1.807) is 6.07 Å². The Morgan fingerprint density at radius 2 is 1.97 bits per heavy atom. The van der Waals surface area contributed by atoms with E-state index in [-0.39, 0.29) is 11.7 Å². The highest BCUT2D eigenvalue weighted by Gasteiger charge is 2.15. The molecule has 0 saturated heterocycles. The third-order valence-corrected chi connectivity index (χ3v) is 6.42. The van der Waals surface area contributed by atoms with E-state index in [2.05, 4.69) is 54.5 Å². The molecule has 0 saturated carbocycles. The number of aryl methyl sites for hydroxylation is 2. The van der Waals surface area contributed by atoms with Gasteiger partial charge in [0.15, 0.2) is 11.0 Å². The third kappa shape index (κ3) is 6.04. The lowest BCUT2D eigenvalue weighted by Gasteiger charge is -2.15. The summed E-state index contributed by atoms with van der Waals surface area (Å²) in [6.45, 7) is 11.3. The highest BCUT2D eigenvalue weighted by molar-refractivity contribution is 7.99. The Morgan fingerprint density at radius 1 is 1.19 bits per heavy atom. The minimum absolute atomic E-state index is 0.125. The minimum atomic E-state index is -0.125. The number of nitrogens with one attached hydrogen (secondary N) is 1. The van der Waals surface area contributed by atoms with E-state index in [0.717, 1.165) is 22.7 Å². The number of hydrogen-bond acceptors (Lipinski definition) is 5. The molecule has 0 spiro atoms. The van der Waals surface area contributed by atoms with Crippen LogP contribution in [0.5, 0.6) is 5.75 Å². The maximum atomic E-state index is 12.4. The van der Waals surface area contributed by atoms with E-state index in [9.17, 15) is 4.79 Å². The van der Waals surface area contributed by atoms with Crippen molar-refractivity contribution in [3.05, 3.63) is 63.9 Å². The van der Waals surface area contributed by atoms with Gasteiger partial charge in [-0.3, -0.25) is 4.79 Å². The van der Waals surface area contributed by atoms with Crippen LogP contribution in [-0.2, 0) is 17.9 Å². The normalized spacial score (nSPS) is 11.1. The van der Waals surface area contributed by atoms with Gasteiger partial charge in [-0.15, -0.1) is 10.2 Å². The van der Waals surface area contributed by atoms with Crippen LogP contribution in [0, 0.1) is 13.8 Å². The molecule has 0 fully saturated rings. The first-order valence-corrected chi connectivity index (χ1v) is 12.0. The predicted molar refractivity (Wildman–Crippen MR) is 131 cm³/mol. The summed E-state index contributed by atoms with van der Waals surface area (Å²) >= 11 is 7.48. The zero-order chi connectivity index (χ0) is 23.3. The summed E-state index contributed by atoms with van der Waals surface area (Å²) in [6, 6.07) is 11.7. The van der Waals surface area contributed by atoms with Crippen LogP contribution in [0.15, 0.2) is 41.6 Å². The number of rotatable bonds is 9. The van der Waals surface area contributed by atoms with Crippen molar-refractivity contribution in [1.29, 1.82) is 0 Å². The molecule has 3 rings (SSSR count). The molecule has 1 aromatic heterocycles. The number of nitrogens with zero attached hydrogens (tertiary/aromatic N) is 3. The molecular formula is C24H29ClN4O2S. The summed E-state index contributed by atoms with van der Waals surface area (Å²) in [4.78, 5) is 12.4. The van der Waals surface area contributed by atoms with E-state index < -0.39 is 0 Å². The zero-order valence-electron chi connectivity index (χ0n) is 19.1. The number of halogens is 1. The van der Waals surface area contributed by atoms with Crippen molar-refractivity contribution < 1.29 is 9.53 Å². The van der Waals surface area contributed by atoms with Crippen LogP contribution in [-0.4, -0.2) is 26.4 Å². The van der Waals surface area contributed by atoms with Crippen LogP contribution in [0.3, 0.4) is 0 Å². The molecule has 8 heteroatoms. The summed E-state index contributed by atoms with van der Waals surface area (Å²) in [6.07, 6.45) is 0. The second-order valence-corrected chi connectivity index (χ2v) is 9.28. The van der Waals surface area contributed by atoms with Gasteiger partial charge in [0.1, 0.15) is 12.4 Å². The fraction of sp³-hybridized carbons (Fsp3) is 0.375. The van der Waals surface area contributed by atoms with E-state index in [0.29, 0.717) is 34.9 Å². The van der Waals surface area contributed by atoms with Gasteiger partial charge in [-0.05, 0) is 61.6 Å². The topological polar surface area (TPSA) is 69.0 Å². The van der Waals surface area contributed by atoms with Crippen LogP contribution in [0.2, 0.25) is 5.02 Å². The van der Waals surface area contributed by atoms with Gasteiger partial charge >= 0.3 is 0 Å². The monoisotopic (exact) mass is 472 g/mol. The average Bonchev–Trinajstić information content (AvgIpc) is 3.15. The summed E-state index contributed by atoms with van der Waals surface area (Å²) in [7, 11) is 0. The highest BCUT2D eigenvalue weighted by Crippen LogP contribution is 2.28. The van der Waals surface area contributed by atoms with Gasteiger partial charge in [-0.1, -0.05) is 55.4 Å². The van der Waals surface area contributed by atoms with Crippen LogP contribution >= 0.6 is 23.4 Å². The molecule has 1 heterocycles. The number of ether oxygens (including phenoxy) is 1. The van der Waals surface area contributed by atoms with Crippen molar-refractivity contribution >= 4 is 35.0 Å². The first-order valence-electron chi connectivity index (χ1n) is 10.6. The molecule has 0 bridgehead atoms. The Labute approximate surface area is 198 Å². The van der Waals surface area contributed by atoms with Crippen LogP contribution < -0.4 is 10.1 Å². The van der Waals surface area contributed by atoms with Crippen molar-refractivity contribution in [2.24, 2.45) is 0 Å². The number of hydrogen-bond donors (Lipinski definition) is 1. The second-order valence-electron chi connectivity index (χ2n) is 7.93. The largest absolute Gasteiger partial charge is 0.485 e. The van der Waals surface area contributed by atoms with Gasteiger partial charge < -0.3 is 14.6 Å². The third-order valence-electron chi connectivity index (χ3n) is 5.05. The molecule has 1 N–H and O–H groups in total. The van der Waals surface area contributed by atoms with E-state index >= 15 is 0 Å². The number of anilines is 1. The molecule has 0 radical (unpaired) electrons. The molecule has 1 amide bonds. The van der Waals surface area contributed by atoms with Crippen molar-refractivity contribution in [2.75, 3.05) is 11.1 Å². The smallest absolute Gasteiger partial charge is 0.234 e. The highest BCUT2D eigenvalue weighted by atomic mass is 35.5. The second kappa shape index (κ2) is 10.9. The van der Waals surface area contributed by atoms with Gasteiger partial charge in [0.25, 0.3) is 0 Å². The van der Waals surface area contributed by atoms with E-state index in [1.165, 1.54) is 17.3 Å². The van der Waals surface area contributed by atoms with E-state index in [1.807, 2.05) is 30.5 Å². The maximum Gasteiger partial charge on any atom is 0.234 e. The summed E-state index contributed by atoms with van der Waals surface area (Å²) in [5.41, 5.74) is 3.96. The number of carbonyl (C=O) groups is 1. The summed E-state index contributed by atoms with van der Waals surface area (Å²) in [5.74, 6) is 2.06. The average molecular weight is 473 g/mol. The molecule has 2 aromatic carbocycles. The first-order chi connectivity index (χ1) is 15.3. The molecule has 170 valence electrons. The number of aromatic nitrogens is 3. The Hall–Kier alpha value is -2.51. The van der Waals surface area contributed by atoms with E-state index in [4.69, 9.17) is 16.3 Å². The predicted octanol–water partition coefficient (Wildman–Crippen LogP) is 6.00. The maximum absolute atomic E-state index is 12.4. The molecule has 0 aliphatic rings. The summed E-state index contributed by atoms with van der Waals surface area (Å²) in [5, 5.41) is 12.8. The lowest BCUT2D eigenvalue weighted by atomic mass is 10.0. The lowest BCUT2D eigenvalue weighted by molar-refractivity contribution is -0.113. The first kappa shape index (κ1) is 24.1. The number of amides is 1. The molecule has 0 aliphatic heterocycles. The summed E-state index contributed by atoms with van der Waals surface area (Å²) < 4.78 is 8.10. The van der Waals surface area contributed by atoms with Crippen LogP contribution in [0.1, 0.15) is 49.2 Å². The lowest BCUT2D eigenvalue weighted by Crippen LogP contribution is -2.15. The Balaban J connectivity index is 1.63. The van der Waals surface area contributed by atoms with Gasteiger partial charge in [-0.2, -0.15) is 0 Å².